The fraction of sp³-hybridized carbons (Fsp3) is 0.625. The zero-order valence-corrected chi connectivity index (χ0v) is 7.62. The van der Waals surface area contributed by atoms with Crippen LogP contribution in [0.25, 0.3) is 0 Å². The van der Waals surface area contributed by atoms with Crippen molar-refractivity contribution in [2.24, 2.45) is 0 Å². The number of hydrogen-bond donors (Lipinski definition) is 0. The molecule has 0 amide bonds. The Labute approximate surface area is 72.0 Å². The van der Waals surface area contributed by atoms with Gasteiger partial charge < -0.3 is 4.74 Å². The Kier molecular flexibility index (Phi) is 4.36. The molecule has 0 saturated heterocycles. The van der Waals surface area contributed by atoms with Crippen molar-refractivity contribution in [1.29, 1.82) is 0 Å². The fourth-order valence-corrected chi connectivity index (χ4v) is 0.310. The Bertz CT molecular complexity index is 157. The van der Waals surface area contributed by atoms with Gasteiger partial charge in [0.05, 0.1) is 0 Å². The molecule has 70 valence electrons. The second-order valence-electron chi connectivity index (χ2n) is 3.13. The molecule has 4 nitrogen and oxygen atoms in total. The van der Waals surface area contributed by atoms with E-state index in [4.69, 9.17) is 0 Å². The number of rotatable bonds is 3. The maximum absolute atomic E-state index is 10.6. The van der Waals surface area contributed by atoms with Crippen molar-refractivity contribution in [3.05, 3.63) is 12.7 Å². The van der Waals surface area contributed by atoms with Gasteiger partial charge in [0.15, 0.2) is 0 Å². The van der Waals surface area contributed by atoms with Crippen molar-refractivity contribution in [3.63, 3.8) is 0 Å². The van der Waals surface area contributed by atoms with Crippen LogP contribution in [0.15, 0.2) is 12.7 Å². The van der Waals surface area contributed by atoms with E-state index in [-0.39, 0.29) is 6.61 Å². The SMILES string of the molecule is C=CCOC(=O)OOC(C)(C)C. The van der Waals surface area contributed by atoms with Gasteiger partial charge in [0.2, 0.25) is 0 Å². The molecular weight excluding hydrogens is 160 g/mol. The molecule has 0 heterocycles. The molecule has 0 atom stereocenters. The van der Waals surface area contributed by atoms with E-state index in [0.29, 0.717) is 0 Å². The van der Waals surface area contributed by atoms with Gasteiger partial charge in [-0.15, -0.1) is 0 Å². The minimum Gasteiger partial charge on any atom is -0.428 e. The van der Waals surface area contributed by atoms with E-state index in [1.165, 1.54) is 6.08 Å². The molecule has 0 unspecified atom stereocenters. The van der Waals surface area contributed by atoms with Crippen molar-refractivity contribution in [3.8, 4) is 0 Å². The van der Waals surface area contributed by atoms with E-state index in [2.05, 4.69) is 21.1 Å². The Hall–Kier alpha value is -1.03. The number of hydrogen-bond acceptors (Lipinski definition) is 4. The lowest BCUT2D eigenvalue weighted by Crippen LogP contribution is -2.22. The number of carbonyl (C=O) groups excluding carboxylic acids is 1. The van der Waals surface area contributed by atoms with Crippen LogP contribution in [0.3, 0.4) is 0 Å². The number of ether oxygens (including phenoxy) is 1. The van der Waals surface area contributed by atoms with Crippen LogP contribution >= 0.6 is 0 Å². The highest BCUT2D eigenvalue weighted by Crippen LogP contribution is 2.07. The first-order chi connectivity index (χ1) is 5.45. The minimum atomic E-state index is -0.857. The first-order valence-electron chi connectivity index (χ1n) is 3.59. The molecule has 4 heteroatoms. The summed E-state index contributed by atoms with van der Waals surface area (Å²) in [6, 6.07) is 0. The topological polar surface area (TPSA) is 44.8 Å². The molecule has 0 aliphatic rings. The van der Waals surface area contributed by atoms with Crippen molar-refractivity contribution >= 4 is 6.16 Å². The van der Waals surface area contributed by atoms with E-state index >= 15 is 0 Å². The zero-order valence-electron chi connectivity index (χ0n) is 7.62. The molecule has 0 bridgehead atoms. The summed E-state index contributed by atoms with van der Waals surface area (Å²) in [7, 11) is 0. The maximum Gasteiger partial charge on any atom is 0.540 e. The van der Waals surface area contributed by atoms with Crippen LogP contribution in [0.1, 0.15) is 20.8 Å². The third kappa shape index (κ3) is 7.08. The largest absolute Gasteiger partial charge is 0.540 e. The molecular formula is C8H14O4. The third-order valence-electron chi connectivity index (χ3n) is 0.679. The molecule has 12 heavy (non-hydrogen) atoms. The van der Waals surface area contributed by atoms with E-state index in [9.17, 15) is 4.79 Å². The average molecular weight is 174 g/mol. The molecule has 0 aromatic carbocycles. The Balaban J connectivity index is 3.51. The molecule has 0 aliphatic heterocycles. The van der Waals surface area contributed by atoms with E-state index < -0.39 is 11.8 Å². The Morgan fingerprint density at radius 1 is 1.50 bits per heavy atom. The van der Waals surface area contributed by atoms with Gasteiger partial charge >= 0.3 is 6.16 Å². The van der Waals surface area contributed by atoms with Gasteiger partial charge in [-0.25, -0.2) is 4.79 Å². The average Bonchev–Trinajstić information content (AvgIpc) is 1.95. The Morgan fingerprint density at radius 2 is 2.08 bits per heavy atom. The van der Waals surface area contributed by atoms with E-state index in [1.54, 1.807) is 20.8 Å². The van der Waals surface area contributed by atoms with Crippen LogP contribution in [0.2, 0.25) is 0 Å². The first kappa shape index (κ1) is 11.0. The quantitative estimate of drug-likeness (QED) is 0.284. The Morgan fingerprint density at radius 3 is 2.50 bits per heavy atom. The van der Waals surface area contributed by atoms with Crippen LogP contribution in [-0.4, -0.2) is 18.4 Å². The minimum absolute atomic E-state index is 0.117. The van der Waals surface area contributed by atoms with Crippen molar-refractivity contribution in [2.45, 2.75) is 26.4 Å². The summed E-state index contributed by atoms with van der Waals surface area (Å²) in [5.74, 6) is 0. The highest BCUT2D eigenvalue weighted by molar-refractivity contribution is 5.59. The van der Waals surface area contributed by atoms with Crippen LogP contribution in [-0.2, 0) is 14.5 Å². The van der Waals surface area contributed by atoms with Crippen molar-refractivity contribution in [2.75, 3.05) is 6.61 Å². The molecule has 0 aromatic heterocycles. The maximum atomic E-state index is 10.6. The lowest BCUT2D eigenvalue weighted by atomic mass is 10.2. The summed E-state index contributed by atoms with van der Waals surface area (Å²) in [5, 5.41) is 0. The summed E-state index contributed by atoms with van der Waals surface area (Å²) in [6.45, 7) is 8.76. The van der Waals surface area contributed by atoms with E-state index in [0.717, 1.165) is 0 Å². The summed E-state index contributed by atoms with van der Waals surface area (Å²) in [5.41, 5.74) is -0.521. The summed E-state index contributed by atoms with van der Waals surface area (Å²) >= 11 is 0. The van der Waals surface area contributed by atoms with Crippen molar-refractivity contribution < 1.29 is 19.3 Å². The zero-order chi connectivity index (χ0) is 9.61. The molecule has 0 aliphatic carbocycles. The summed E-state index contributed by atoms with van der Waals surface area (Å²) < 4.78 is 4.48. The first-order valence-corrected chi connectivity index (χ1v) is 3.59. The lowest BCUT2D eigenvalue weighted by Gasteiger charge is -2.15. The van der Waals surface area contributed by atoms with Crippen LogP contribution in [0.4, 0.5) is 4.79 Å². The van der Waals surface area contributed by atoms with Gasteiger partial charge in [-0.3, -0.25) is 4.89 Å². The van der Waals surface area contributed by atoms with Crippen LogP contribution in [0.5, 0.6) is 0 Å². The molecule has 0 spiro atoms. The third-order valence-corrected chi connectivity index (χ3v) is 0.679. The van der Waals surface area contributed by atoms with Gasteiger partial charge in [0.1, 0.15) is 12.2 Å². The fourth-order valence-electron chi connectivity index (χ4n) is 0.310. The van der Waals surface area contributed by atoms with Crippen molar-refractivity contribution in [1.82, 2.24) is 0 Å². The normalized spacial score (nSPS) is 10.6. The van der Waals surface area contributed by atoms with Gasteiger partial charge in [-0.2, -0.15) is 4.89 Å². The summed E-state index contributed by atoms with van der Waals surface area (Å²) in [6.07, 6.45) is 0.586. The van der Waals surface area contributed by atoms with Crippen LogP contribution < -0.4 is 0 Å². The molecule has 0 saturated carbocycles. The van der Waals surface area contributed by atoms with Gasteiger partial charge in [0, 0.05) is 0 Å². The monoisotopic (exact) mass is 174 g/mol. The van der Waals surface area contributed by atoms with Gasteiger partial charge in [0.25, 0.3) is 0 Å². The molecule has 0 N–H and O–H groups in total. The highest BCUT2D eigenvalue weighted by Gasteiger charge is 2.15. The second-order valence-corrected chi connectivity index (χ2v) is 3.13. The smallest absolute Gasteiger partial charge is 0.428 e. The molecule has 0 fully saturated rings. The van der Waals surface area contributed by atoms with Gasteiger partial charge in [-0.05, 0) is 20.8 Å². The van der Waals surface area contributed by atoms with Gasteiger partial charge in [-0.1, -0.05) is 12.7 Å². The van der Waals surface area contributed by atoms with Crippen LogP contribution in [0, 0.1) is 0 Å². The van der Waals surface area contributed by atoms with E-state index in [1.807, 2.05) is 0 Å². The molecule has 0 radical (unpaired) electrons. The predicted molar refractivity (Wildman–Crippen MR) is 43.5 cm³/mol. The molecule has 0 rings (SSSR count). The standard InChI is InChI=1S/C8H14O4/c1-5-6-10-7(9)11-12-8(2,3)4/h5H,1,6H2,2-4H3. The molecule has 0 aromatic rings. The lowest BCUT2D eigenvalue weighted by molar-refractivity contribution is -0.311. The summed E-state index contributed by atoms with van der Waals surface area (Å²) in [4.78, 5) is 19.6. The second kappa shape index (κ2) is 4.77. The number of carbonyl (C=O) groups is 1. The highest BCUT2D eigenvalue weighted by atomic mass is 17.2. The predicted octanol–water partition coefficient (Wildman–Crippen LogP) is 2.06.